The van der Waals surface area contributed by atoms with Crippen LogP contribution in [0.3, 0.4) is 0 Å². The monoisotopic (exact) mass is 410 g/mol. The molecule has 0 aliphatic carbocycles. The molecule has 30 heavy (non-hydrogen) atoms. The van der Waals surface area contributed by atoms with Crippen LogP contribution in [-0.2, 0) is 0 Å². The number of carbonyl (C=O) groups is 1. The van der Waals surface area contributed by atoms with Crippen LogP contribution in [0.1, 0.15) is 108 Å². The number of unbranched alkanes of at least 4 members (excludes halogenated alkanes) is 11. The van der Waals surface area contributed by atoms with E-state index in [-0.39, 0.29) is 11.7 Å². The van der Waals surface area contributed by atoms with E-state index in [0.717, 1.165) is 18.4 Å². The van der Waals surface area contributed by atoms with Gasteiger partial charge in [-0.2, -0.15) is 0 Å². The second kappa shape index (κ2) is 15.6. The third-order valence-electron chi connectivity index (χ3n) is 5.38. The fourth-order valence-electron chi connectivity index (χ4n) is 3.52. The lowest BCUT2D eigenvalue weighted by molar-refractivity contribution is 0.0945. The summed E-state index contributed by atoms with van der Waals surface area (Å²) in [6, 6.07) is 3.71. The molecule has 2 heterocycles. The van der Waals surface area contributed by atoms with Gasteiger partial charge in [0.05, 0.1) is 0 Å². The van der Waals surface area contributed by atoms with Crippen molar-refractivity contribution in [1.82, 2.24) is 9.97 Å². The predicted molar refractivity (Wildman–Crippen MR) is 124 cm³/mol. The van der Waals surface area contributed by atoms with Crippen LogP contribution in [0.4, 0.5) is 0 Å². The van der Waals surface area contributed by atoms with Crippen molar-refractivity contribution in [3.8, 4) is 11.3 Å². The van der Waals surface area contributed by atoms with E-state index in [4.69, 9.17) is 4.42 Å². The summed E-state index contributed by atoms with van der Waals surface area (Å²) in [5, 5.41) is 0. The molecule has 0 saturated carbocycles. The van der Waals surface area contributed by atoms with Crippen molar-refractivity contribution in [2.75, 3.05) is 0 Å². The van der Waals surface area contributed by atoms with Gasteiger partial charge in [0.15, 0.2) is 0 Å². The molecule has 0 aliphatic heterocycles. The Morgan fingerprint density at radius 2 is 1.47 bits per heavy atom. The number of hydrogen-bond donors (Lipinski definition) is 0. The molecule has 0 amide bonds. The topological polar surface area (TPSA) is 56.0 Å². The van der Waals surface area contributed by atoms with Crippen molar-refractivity contribution in [3.63, 3.8) is 0 Å². The van der Waals surface area contributed by atoms with Gasteiger partial charge in [0.1, 0.15) is 12.0 Å². The minimum absolute atomic E-state index is 0.00654. The Labute approximate surface area is 182 Å². The van der Waals surface area contributed by atoms with E-state index in [0.29, 0.717) is 12.1 Å². The van der Waals surface area contributed by atoms with Crippen LogP contribution >= 0.6 is 0 Å². The normalized spacial score (nSPS) is 11.4. The largest absolute Gasteiger partial charge is 0.442 e. The zero-order valence-corrected chi connectivity index (χ0v) is 18.7. The van der Waals surface area contributed by atoms with Crippen molar-refractivity contribution >= 4 is 5.78 Å². The first-order valence-electron chi connectivity index (χ1n) is 11.9. The summed E-state index contributed by atoms with van der Waals surface area (Å²) >= 11 is 0. The fourth-order valence-corrected chi connectivity index (χ4v) is 3.52. The van der Waals surface area contributed by atoms with Crippen LogP contribution in [0.25, 0.3) is 11.3 Å². The quantitative estimate of drug-likeness (QED) is 0.151. The Bertz CT molecular complexity index is 722. The van der Waals surface area contributed by atoms with E-state index in [9.17, 15) is 4.79 Å². The highest BCUT2D eigenvalue weighted by atomic mass is 16.3. The molecule has 0 radical (unpaired) electrons. The molecule has 2 rings (SSSR count). The number of pyridine rings is 1. The number of oxazole rings is 1. The molecule has 0 unspecified atom stereocenters. The highest BCUT2D eigenvalue weighted by molar-refractivity contribution is 5.92. The SMILES string of the molecule is CCCCCCCCC=CCCCCCCCC(=O)c1nc(-c2ccncc2)co1. The third-order valence-corrected chi connectivity index (χ3v) is 5.38. The Kier molecular flexibility index (Phi) is 12.5. The average molecular weight is 411 g/mol. The summed E-state index contributed by atoms with van der Waals surface area (Å²) in [6.07, 6.45) is 26.5. The summed E-state index contributed by atoms with van der Waals surface area (Å²) < 4.78 is 5.37. The van der Waals surface area contributed by atoms with Crippen LogP contribution in [0.15, 0.2) is 47.4 Å². The molecule has 0 fully saturated rings. The van der Waals surface area contributed by atoms with Gasteiger partial charge >= 0.3 is 0 Å². The maximum Gasteiger partial charge on any atom is 0.263 e. The van der Waals surface area contributed by atoms with E-state index in [1.807, 2.05) is 12.1 Å². The van der Waals surface area contributed by atoms with Gasteiger partial charge in [0, 0.05) is 24.4 Å². The van der Waals surface area contributed by atoms with Gasteiger partial charge in [-0.05, 0) is 44.2 Å². The van der Waals surface area contributed by atoms with Gasteiger partial charge in [-0.1, -0.05) is 70.4 Å². The summed E-state index contributed by atoms with van der Waals surface area (Å²) in [4.78, 5) is 20.6. The molecule has 0 spiro atoms. The van der Waals surface area contributed by atoms with Crippen LogP contribution in [-0.4, -0.2) is 15.8 Å². The third kappa shape index (κ3) is 10.00. The number of allylic oxidation sites excluding steroid dienone is 2. The molecule has 0 bridgehead atoms. The average Bonchev–Trinajstić information content (AvgIpc) is 3.27. The van der Waals surface area contributed by atoms with Gasteiger partial charge < -0.3 is 4.42 Å². The Morgan fingerprint density at radius 3 is 2.13 bits per heavy atom. The first-order chi connectivity index (χ1) is 14.8. The predicted octanol–water partition coefficient (Wildman–Crippen LogP) is 7.96. The molecule has 0 saturated heterocycles. The number of nitrogens with zero attached hydrogens (tertiary/aromatic N) is 2. The highest BCUT2D eigenvalue weighted by Crippen LogP contribution is 2.19. The number of Topliss-reactive ketones (excluding diaryl/α,β-unsaturated/α-hetero) is 1. The number of rotatable bonds is 17. The minimum atomic E-state index is -0.00654. The second-order valence-corrected chi connectivity index (χ2v) is 8.03. The zero-order valence-electron chi connectivity index (χ0n) is 18.7. The Hall–Kier alpha value is -2.23. The molecule has 0 atom stereocenters. The van der Waals surface area contributed by atoms with E-state index >= 15 is 0 Å². The highest BCUT2D eigenvalue weighted by Gasteiger charge is 2.13. The molecule has 0 aromatic carbocycles. The lowest BCUT2D eigenvalue weighted by Crippen LogP contribution is -1.99. The van der Waals surface area contributed by atoms with Crippen molar-refractivity contribution in [2.24, 2.45) is 0 Å². The molecule has 164 valence electrons. The number of ketones is 1. The van der Waals surface area contributed by atoms with E-state index in [2.05, 4.69) is 29.0 Å². The van der Waals surface area contributed by atoms with Crippen molar-refractivity contribution in [1.29, 1.82) is 0 Å². The standard InChI is InChI=1S/C26H38N2O2/c1-2-3-4-5-6-7-8-9-10-11-12-13-14-15-16-17-25(29)26-28-24(22-30-26)23-18-20-27-21-19-23/h9-10,18-22H,2-8,11-17H2,1H3. The summed E-state index contributed by atoms with van der Waals surface area (Å²) in [5.74, 6) is 0.213. The molecule has 4 heteroatoms. The summed E-state index contributed by atoms with van der Waals surface area (Å²) in [5.41, 5.74) is 1.60. The van der Waals surface area contributed by atoms with Gasteiger partial charge in [-0.3, -0.25) is 9.78 Å². The molecular formula is C26H38N2O2. The van der Waals surface area contributed by atoms with Crippen LogP contribution in [0.2, 0.25) is 0 Å². The fraction of sp³-hybridized carbons (Fsp3) is 0.577. The maximum atomic E-state index is 12.2. The van der Waals surface area contributed by atoms with Crippen LogP contribution in [0, 0.1) is 0 Å². The minimum Gasteiger partial charge on any atom is -0.442 e. The number of hydrogen-bond acceptors (Lipinski definition) is 4. The molecule has 2 aromatic rings. The molecule has 0 N–H and O–H groups in total. The summed E-state index contributed by atoms with van der Waals surface area (Å²) in [6.45, 7) is 2.26. The van der Waals surface area contributed by atoms with Crippen molar-refractivity contribution in [2.45, 2.75) is 96.8 Å². The molecule has 0 aliphatic rings. The second-order valence-electron chi connectivity index (χ2n) is 8.03. The summed E-state index contributed by atoms with van der Waals surface area (Å²) in [7, 11) is 0. The van der Waals surface area contributed by atoms with Crippen molar-refractivity contribution in [3.05, 3.63) is 48.8 Å². The van der Waals surface area contributed by atoms with Crippen LogP contribution < -0.4 is 0 Å². The van der Waals surface area contributed by atoms with Gasteiger partial charge in [-0.25, -0.2) is 4.98 Å². The van der Waals surface area contributed by atoms with Gasteiger partial charge in [0.2, 0.25) is 5.78 Å². The van der Waals surface area contributed by atoms with E-state index < -0.39 is 0 Å². The Morgan fingerprint density at radius 1 is 0.867 bits per heavy atom. The van der Waals surface area contributed by atoms with Gasteiger partial charge in [-0.15, -0.1) is 0 Å². The van der Waals surface area contributed by atoms with Crippen molar-refractivity contribution < 1.29 is 9.21 Å². The molecular weight excluding hydrogens is 372 g/mol. The molecule has 4 nitrogen and oxygen atoms in total. The lowest BCUT2D eigenvalue weighted by atomic mass is 10.1. The first kappa shape index (κ1) is 24.0. The number of aromatic nitrogens is 2. The number of carbonyl (C=O) groups excluding carboxylic acids is 1. The van der Waals surface area contributed by atoms with Crippen LogP contribution in [0.5, 0.6) is 0 Å². The first-order valence-corrected chi connectivity index (χ1v) is 11.9. The van der Waals surface area contributed by atoms with E-state index in [1.165, 1.54) is 70.6 Å². The Balaban J connectivity index is 1.45. The zero-order chi connectivity index (χ0) is 21.3. The lowest BCUT2D eigenvalue weighted by Gasteiger charge is -2.00. The molecule has 2 aromatic heterocycles. The van der Waals surface area contributed by atoms with E-state index in [1.54, 1.807) is 18.7 Å². The maximum absolute atomic E-state index is 12.2. The smallest absolute Gasteiger partial charge is 0.263 e. The van der Waals surface area contributed by atoms with Gasteiger partial charge in [0.25, 0.3) is 5.89 Å².